The Balaban J connectivity index is 1.46. The lowest BCUT2D eigenvalue weighted by atomic mass is 9.96. The Bertz CT molecular complexity index is 787. The minimum atomic E-state index is -0.259. The molecule has 1 aliphatic carbocycles. The van der Waals surface area contributed by atoms with Gasteiger partial charge in [-0.3, -0.25) is 14.4 Å². The van der Waals surface area contributed by atoms with Crippen molar-refractivity contribution >= 4 is 35.0 Å². The van der Waals surface area contributed by atoms with Gasteiger partial charge >= 0.3 is 0 Å². The smallest absolute Gasteiger partial charge is 0.255 e. The first-order valence-electron chi connectivity index (χ1n) is 10.2. The van der Waals surface area contributed by atoms with Gasteiger partial charge in [-0.2, -0.15) is 0 Å². The minimum Gasteiger partial charge on any atom is -0.342 e. The summed E-state index contributed by atoms with van der Waals surface area (Å²) < 4.78 is 0. The number of rotatable bonds is 4. The molecule has 2 saturated heterocycles. The number of anilines is 1. The first-order chi connectivity index (χ1) is 13.5. The molecule has 1 aromatic rings. The largest absolute Gasteiger partial charge is 0.342 e. The van der Waals surface area contributed by atoms with Gasteiger partial charge in [0.15, 0.2) is 0 Å². The second kappa shape index (κ2) is 8.11. The molecule has 0 bridgehead atoms. The third-order valence-corrected chi connectivity index (χ3v) is 6.13. The number of nitrogens with one attached hydrogen (secondary N) is 1. The molecule has 150 valence electrons. The highest BCUT2D eigenvalue weighted by Crippen LogP contribution is 2.33. The molecule has 1 N–H and O–H groups in total. The molecular formula is C21H26ClN3O3. The third kappa shape index (κ3) is 4.17. The Morgan fingerprint density at radius 1 is 0.929 bits per heavy atom. The van der Waals surface area contributed by atoms with Crippen LogP contribution in [0.4, 0.5) is 5.69 Å². The van der Waals surface area contributed by atoms with Crippen LogP contribution < -0.4 is 5.32 Å². The fraction of sp³-hybridized carbons (Fsp3) is 0.571. The van der Waals surface area contributed by atoms with Crippen LogP contribution in [0.25, 0.3) is 0 Å². The summed E-state index contributed by atoms with van der Waals surface area (Å²) in [6, 6.07) is 5.00. The Kier molecular flexibility index (Phi) is 5.58. The molecule has 0 aromatic heterocycles. The lowest BCUT2D eigenvalue weighted by molar-refractivity contribution is -0.135. The molecule has 1 saturated carbocycles. The predicted octanol–water partition coefficient (Wildman–Crippen LogP) is 3.16. The maximum Gasteiger partial charge on any atom is 0.255 e. The zero-order valence-corrected chi connectivity index (χ0v) is 16.7. The van der Waals surface area contributed by atoms with Crippen molar-refractivity contribution in [1.29, 1.82) is 0 Å². The number of nitrogens with zero attached hydrogens (tertiary/aromatic N) is 2. The average molecular weight is 404 g/mol. The van der Waals surface area contributed by atoms with Gasteiger partial charge < -0.3 is 15.1 Å². The van der Waals surface area contributed by atoms with Crippen molar-refractivity contribution in [2.75, 3.05) is 31.5 Å². The lowest BCUT2D eigenvalue weighted by Gasteiger charge is -2.32. The molecule has 2 aliphatic heterocycles. The number of likely N-dealkylation sites (tertiary alicyclic amines) is 2. The van der Waals surface area contributed by atoms with Crippen molar-refractivity contribution in [3.63, 3.8) is 0 Å². The lowest BCUT2D eigenvalue weighted by Crippen LogP contribution is -2.44. The molecular weight excluding hydrogens is 378 g/mol. The van der Waals surface area contributed by atoms with E-state index in [-0.39, 0.29) is 29.6 Å². The number of carbonyl (C=O) groups excluding carboxylic acids is 3. The van der Waals surface area contributed by atoms with Gasteiger partial charge in [0.1, 0.15) is 0 Å². The van der Waals surface area contributed by atoms with Crippen LogP contribution >= 0.6 is 11.6 Å². The molecule has 1 unspecified atom stereocenters. The summed E-state index contributed by atoms with van der Waals surface area (Å²) in [5.74, 6) is -0.126. The maximum atomic E-state index is 12.9. The zero-order chi connectivity index (χ0) is 19.7. The van der Waals surface area contributed by atoms with Gasteiger partial charge in [-0.15, -0.1) is 0 Å². The fourth-order valence-electron chi connectivity index (χ4n) is 4.11. The second-order valence-corrected chi connectivity index (χ2v) is 8.51. The summed E-state index contributed by atoms with van der Waals surface area (Å²) in [5, 5.41) is 3.40. The van der Waals surface area contributed by atoms with E-state index in [4.69, 9.17) is 11.6 Å². The average Bonchev–Trinajstić information content (AvgIpc) is 3.41. The van der Waals surface area contributed by atoms with Crippen molar-refractivity contribution in [3.8, 4) is 0 Å². The van der Waals surface area contributed by atoms with E-state index in [0.717, 1.165) is 58.2 Å². The van der Waals surface area contributed by atoms with Gasteiger partial charge in [-0.05, 0) is 56.7 Å². The van der Waals surface area contributed by atoms with E-state index >= 15 is 0 Å². The van der Waals surface area contributed by atoms with Gasteiger partial charge in [-0.25, -0.2) is 0 Å². The first-order valence-corrected chi connectivity index (χ1v) is 10.6. The monoisotopic (exact) mass is 403 g/mol. The Morgan fingerprint density at radius 3 is 2.36 bits per heavy atom. The van der Waals surface area contributed by atoms with Crippen molar-refractivity contribution in [2.24, 2.45) is 11.8 Å². The van der Waals surface area contributed by atoms with Crippen LogP contribution in [0.1, 0.15) is 48.9 Å². The SMILES string of the molecule is O=C(Nc1cc(Cl)ccc1C(=O)N1CCCC1)C1CCCN(C(=O)C2CC2)C1. The van der Waals surface area contributed by atoms with Gasteiger partial charge in [0.2, 0.25) is 11.8 Å². The van der Waals surface area contributed by atoms with Crippen LogP contribution in [0.5, 0.6) is 0 Å². The maximum absolute atomic E-state index is 12.9. The molecule has 3 aliphatic rings. The van der Waals surface area contributed by atoms with Crippen LogP contribution in [0.2, 0.25) is 5.02 Å². The normalized spacial score (nSPS) is 22.2. The highest BCUT2D eigenvalue weighted by Gasteiger charge is 2.37. The number of hydrogen-bond acceptors (Lipinski definition) is 3. The molecule has 3 fully saturated rings. The predicted molar refractivity (Wildman–Crippen MR) is 107 cm³/mol. The van der Waals surface area contributed by atoms with Crippen LogP contribution in [0.15, 0.2) is 18.2 Å². The number of carbonyl (C=O) groups is 3. The molecule has 3 amide bonds. The Morgan fingerprint density at radius 2 is 1.64 bits per heavy atom. The molecule has 1 aromatic carbocycles. The van der Waals surface area contributed by atoms with Crippen LogP contribution in [0, 0.1) is 11.8 Å². The molecule has 1 atom stereocenters. The van der Waals surface area contributed by atoms with Crippen molar-refractivity contribution in [2.45, 2.75) is 38.5 Å². The topological polar surface area (TPSA) is 69.7 Å². The van der Waals surface area contributed by atoms with Crippen LogP contribution in [-0.4, -0.2) is 53.7 Å². The number of benzene rings is 1. The first kappa shape index (κ1) is 19.2. The summed E-state index contributed by atoms with van der Waals surface area (Å²) in [7, 11) is 0. The summed E-state index contributed by atoms with van der Waals surface area (Å²) in [5.41, 5.74) is 0.932. The minimum absolute atomic E-state index is 0.0707. The molecule has 2 heterocycles. The highest BCUT2D eigenvalue weighted by molar-refractivity contribution is 6.31. The molecule has 6 nitrogen and oxygen atoms in total. The molecule has 7 heteroatoms. The summed E-state index contributed by atoms with van der Waals surface area (Å²) in [4.78, 5) is 41.7. The van der Waals surface area contributed by atoms with Crippen LogP contribution in [0.3, 0.4) is 0 Å². The van der Waals surface area contributed by atoms with E-state index in [9.17, 15) is 14.4 Å². The number of piperidine rings is 1. The molecule has 4 rings (SSSR count). The van der Waals surface area contributed by atoms with E-state index in [1.807, 2.05) is 9.80 Å². The quantitative estimate of drug-likeness (QED) is 0.839. The van der Waals surface area contributed by atoms with Crippen molar-refractivity contribution in [1.82, 2.24) is 9.80 Å². The fourth-order valence-corrected chi connectivity index (χ4v) is 4.28. The van der Waals surface area contributed by atoms with Gasteiger partial charge in [0.25, 0.3) is 5.91 Å². The van der Waals surface area contributed by atoms with Crippen molar-refractivity contribution < 1.29 is 14.4 Å². The Hall–Kier alpha value is -2.08. The van der Waals surface area contributed by atoms with Crippen LogP contribution in [-0.2, 0) is 9.59 Å². The number of halogens is 1. The summed E-state index contributed by atoms with van der Waals surface area (Å²) in [6.07, 6.45) is 5.52. The van der Waals surface area contributed by atoms with Gasteiger partial charge in [0.05, 0.1) is 17.2 Å². The van der Waals surface area contributed by atoms with E-state index in [2.05, 4.69) is 5.32 Å². The Labute approximate surface area is 170 Å². The zero-order valence-electron chi connectivity index (χ0n) is 16.0. The van der Waals surface area contributed by atoms with Gasteiger partial charge in [0, 0.05) is 37.1 Å². The van der Waals surface area contributed by atoms with E-state index in [0.29, 0.717) is 22.8 Å². The molecule has 0 spiro atoms. The number of amides is 3. The van der Waals surface area contributed by atoms with Gasteiger partial charge in [-0.1, -0.05) is 11.6 Å². The highest BCUT2D eigenvalue weighted by atomic mass is 35.5. The van der Waals surface area contributed by atoms with Crippen molar-refractivity contribution in [3.05, 3.63) is 28.8 Å². The van der Waals surface area contributed by atoms with E-state index < -0.39 is 0 Å². The van der Waals surface area contributed by atoms with E-state index in [1.165, 1.54) is 0 Å². The van der Waals surface area contributed by atoms with E-state index in [1.54, 1.807) is 18.2 Å². The summed E-state index contributed by atoms with van der Waals surface area (Å²) >= 11 is 6.13. The third-order valence-electron chi connectivity index (χ3n) is 5.89. The summed E-state index contributed by atoms with van der Waals surface area (Å²) in [6.45, 7) is 2.68. The molecule has 0 radical (unpaired) electrons. The number of hydrogen-bond donors (Lipinski definition) is 1. The standard InChI is InChI=1S/C21H26ClN3O3/c22-16-7-8-17(21(28)24-9-1-2-10-24)18(12-16)23-19(26)15-4-3-11-25(13-15)20(27)14-5-6-14/h7-8,12,14-15H,1-6,9-11,13H2,(H,23,26). The second-order valence-electron chi connectivity index (χ2n) is 8.08. The molecule has 28 heavy (non-hydrogen) atoms.